The molecule has 1 aliphatic rings. The first-order chi connectivity index (χ1) is 6.62. The quantitative estimate of drug-likeness (QED) is 0.515. The fourth-order valence-corrected chi connectivity index (χ4v) is 3.68. The highest BCUT2D eigenvalue weighted by molar-refractivity contribution is 6.67. The van der Waals surface area contributed by atoms with Crippen LogP contribution in [0, 0.1) is 0 Å². The SMILES string of the molecule is CCO[Si](C)(OCC)C1COC(=O)O1. The Labute approximate surface area is 84.5 Å². The van der Waals surface area contributed by atoms with E-state index in [9.17, 15) is 4.79 Å². The Bertz CT molecular complexity index is 202. The maximum Gasteiger partial charge on any atom is 0.508 e. The molecule has 0 radical (unpaired) electrons. The average Bonchev–Trinajstić information content (AvgIpc) is 2.53. The lowest BCUT2D eigenvalue weighted by Gasteiger charge is -2.28. The second kappa shape index (κ2) is 4.76. The fourth-order valence-electron chi connectivity index (χ4n) is 1.39. The lowest BCUT2D eigenvalue weighted by Crippen LogP contribution is -2.52. The van der Waals surface area contributed by atoms with E-state index in [4.69, 9.17) is 18.3 Å². The summed E-state index contributed by atoms with van der Waals surface area (Å²) in [5.74, 6) is 0. The predicted octanol–water partition coefficient (Wildman–Crippen LogP) is 1.21. The van der Waals surface area contributed by atoms with E-state index in [1.807, 2.05) is 20.4 Å². The standard InChI is InChI=1S/C8H16O5Si/c1-4-11-14(3,12-5-2)7-6-10-8(9)13-7/h7H,4-6H2,1-3H3. The normalized spacial score (nSPS) is 21.9. The highest BCUT2D eigenvalue weighted by atomic mass is 28.4. The van der Waals surface area contributed by atoms with E-state index in [1.165, 1.54) is 0 Å². The van der Waals surface area contributed by atoms with Gasteiger partial charge in [-0.05, 0) is 20.4 Å². The molecule has 6 heteroatoms. The van der Waals surface area contributed by atoms with Crippen molar-refractivity contribution in [2.24, 2.45) is 0 Å². The van der Waals surface area contributed by atoms with Gasteiger partial charge in [0.05, 0.1) is 0 Å². The van der Waals surface area contributed by atoms with Crippen LogP contribution in [0.5, 0.6) is 0 Å². The van der Waals surface area contributed by atoms with Gasteiger partial charge in [-0.1, -0.05) is 0 Å². The smallest absolute Gasteiger partial charge is 0.430 e. The number of carbonyl (C=O) groups excluding carboxylic acids is 1. The highest BCUT2D eigenvalue weighted by Crippen LogP contribution is 2.20. The van der Waals surface area contributed by atoms with Gasteiger partial charge in [0.25, 0.3) is 0 Å². The van der Waals surface area contributed by atoms with Crippen molar-refractivity contribution >= 4 is 14.7 Å². The minimum Gasteiger partial charge on any atom is -0.430 e. The molecule has 1 saturated heterocycles. The van der Waals surface area contributed by atoms with Crippen LogP contribution in [-0.4, -0.2) is 40.3 Å². The van der Waals surface area contributed by atoms with Crippen LogP contribution < -0.4 is 0 Å². The summed E-state index contributed by atoms with van der Waals surface area (Å²) in [6.45, 7) is 7.01. The van der Waals surface area contributed by atoms with E-state index < -0.39 is 14.7 Å². The molecule has 1 fully saturated rings. The molecule has 0 aliphatic carbocycles. The third-order valence-corrected chi connectivity index (χ3v) is 5.22. The summed E-state index contributed by atoms with van der Waals surface area (Å²) in [5, 5.41) is 0. The second-order valence-electron chi connectivity index (χ2n) is 3.05. The summed E-state index contributed by atoms with van der Waals surface area (Å²) >= 11 is 0. The summed E-state index contributed by atoms with van der Waals surface area (Å²) in [7, 11) is -2.43. The van der Waals surface area contributed by atoms with Crippen molar-refractivity contribution in [3.8, 4) is 0 Å². The number of carbonyl (C=O) groups is 1. The first kappa shape index (κ1) is 11.5. The lowest BCUT2D eigenvalue weighted by atomic mass is 10.8. The van der Waals surface area contributed by atoms with Gasteiger partial charge in [-0.3, -0.25) is 0 Å². The van der Waals surface area contributed by atoms with Crippen molar-refractivity contribution in [2.75, 3.05) is 19.8 Å². The van der Waals surface area contributed by atoms with Crippen LogP contribution in [0.25, 0.3) is 0 Å². The van der Waals surface area contributed by atoms with Gasteiger partial charge in [0, 0.05) is 13.2 Å². The zero-order valence-electron chi connectivity index (χ0n) is 8.74. The van der Waals surface area contributed by atoms with E-state index >= 15 is 0 Å². The van der Waals surface area contributed by atoms with Gasteiger partial charge in [0.1, 0.15) is 6.61 Å². The number of rotatable bonds is 5. The molecule has 0 bridgehead atoms. The Morgan fingerprint density at radius 1 is 1.43 bits per heavy atom. The average molecular weight is 220 g/mol. The largest absolute Gasteiger partial charge is 0.508 e. The van der Waals surface area contributed by atoms with Crippen LogP contribution in [0.2, 0.25) is 6.55 Å². The molecule has 1 heterocycles. The summed E-state index contributed by atoms with van der Waals surface area (Å²) in [4.78, 5) is 10.8. The van der Waals surface area contributed by atoms with Gasteiger partial charge in [-0.25, -0.2) is 4.79 Å². The third kappa shape index (κ3) is 2.46. The van der Waals surface area contributed by atoms with Gasteiger partial charge in [0.15, 0.2) is 5.73 Å². The van der Waals surface area contributed by atoms with Crippen LogP contribution >= 0.6 is 0 Å². The van der Waals surface area contributed by atoms with Crippen LogP contribution in [0.15, 0.2) is 0 Å². The molecule has 1 unspecified atom stereocenters. The Balaban J connectivity index is 2.61. The molecule has 0 aromatic carbocycles. The molecule has 1 atom stereocenters. The van der Waals surface area contributed by atoms with Crippen molar-refractivity contribution in [3.05, 3.63) is 0 Å². The second-order valence-corrected chi connectivity index (χ2v) is 6.30. The van der Waals surface area contributed by atoms with Crippen LogP contribution in [-0.2, 0) is 18.3 Å². The molecule has 1 aliphatic heterocycles. The Hall–Kier alpha value is -0.593. The van der Waals surface area contributed by atoms with Crippen LogP contribution in [0.3, 0.4) is 0 Å². The highest BCUT2D eigenvalue weighted by Gasteiger charge is 2.48. The summed E-state index contributed by atoms with van der Waals surface area (Å²) < 4.78 is 20.8. The topological polar surface area (TPSA) is 54.0 Å². The first-order valence-electron chi connectivity index (χ1n) is 4.73. The van der Waals surface area contributed by atoms with Gasteiger partial charge in [0.2, 0.25) is 0 Å². The summed E-state index contributed by atoms with van der Waals surface area (Å²) in [6.07, 6.45) is -0.631. The van der Waals surface area contributed by atoms with E-state index in [1.54, 1.807) is 0 Å². The van der Waals surface area contributed by atoms with Crippen molar-refractivity contribution in [1.29, 1.82) is 0 Å². The number of cyclic esters (lactones) is 2. The van der Waals surface area contributed by atoms with Crippen molar-refractivity contribution < 1.29 is 23.1 Å². The lowest BCUT2D eigenvalue weighted by molar-refractivity contribution is 0.105. The molecule has 0 N–H and O–H groups in total. The summed E-state index contributed by atoms with van der Waals surface area (Å²) in [6, 6.07) is 0. The van der Waals surface area contributed by atoms with Gasteiger partial charge in [-0.2, -0.15) is 0 Å². The van der Waals surface area contributed by atoms with Gasteiger partial charge >= 0.3 is 14.7 Å². The molecule has 0 aromatic heterocycles. The van der Waals surface area contributed by atoms with Crippen molar-refractivity contribution in [2.45, 2.75) is 26.1 Å². The maximum atomic E-state index is 10.8. The van der Waals surface area contributed by atoms with Crippen LogP contribution in [0.4, 0.5) is 4.79 Å². The number of ether oxygens (including phenoxy) is 2. The monoisotopic (exact) mass is 220 g/mol. The third-order valence-electron chi connectivity index (χ3n) is 2.04. The molecule has 5 nitrogen and oxygen atoms in total. The Morgan fingerprint density at radius 2 is 2.00 bits per heavy atom. The molecular formula is C8H16O5Si. The van der Waals surface area contributed by atoms with Gasteiger partial charge in [-0.15, -0.1) is 0 Å². The van der Waals surface area contributed by atoms with E-state index in [0.29, 0.717) is 13.2 Å². The zero-order valence-corrected chi connectivity index (χ0v) is 9.74. The van der Waals surface area contributed by atoms with Gasteiger partial charge < -0.3 is 18.3 Å². The molecule has 0 amide bonds. The molecule has 82 valence electrons. The molecule has 1 rings (SSSR count). The number of hydrogen-bond acceptors (Lipinski definition) is 5. The minimum atomic E-state index is -2.43. The fraction of sp³-hybridized carbons (Fsp3) is 0.875. The van der Waals surface area contributed by atoms with E-state index in [2.05, 4.69) is 0 Å². The molecule has 14 heavy (non-hydrogen) atoms. The zero-order chi connectivity index (χ0) is 10.6. The Morgan fingerprint density at radius 3 is 2.36 bits per heavy atom. The van der Waals surface area contributed by atoms with Crippen molar-refractivity contribution in [3.63, 3.8) is 0 Å². The van der Waals surface area contributed by atoms with Crippen LogP contribution in [0.1, 0.15) is 13.8 Å². The minimum absolute atomic E-state index is 0.238. The number of hydrogen-bond donors (Lipinski definition) is 0. The van der Waals surface area contributed by atoms with E-state index in [-0.39, 0.29) is 12.3 Å². The molecule has 0 saturated carbocycles. The predicted molar refractivity (Wildman–Crippen MR) is 51.1 cm³/mol. The van der Waals surface area contributed by atoms with Crippen molar-refractivity contribution in [1.82, 2.24) is 0 Å². The summed E-state index contributed by atoms with van der Waals surface area (Å²) in [5.41, 5.74) is -0.352. The Kier molecular flexibility index (Phi) is 3.91. The molecule has 0 spiro atoms. The maximum absolute atomic E-state index is 10.8. The molecule has 0 aromatic rings. The first-order valence-corrected chi connectivity index (χ1v) is 7.13. The van der Waals surface area contributed by atoms with E-state index in [0.717, 1.165) is 0 Å². The molecular weight excluding hydrogens is 204 g/mol.